The minimum atomic E-state index is -0.166. The fourth-order valence-corrected chi connectivity index (χ4v) is 5.05. The largest absolute Gasteiger partial charge is 0.307 e. The lowest BCUT2D eigenvalue weighted by molar-refractivity contribution is 0.325. The first kappa shape index (κ1) is 20.1. The topological polar surface area (TPSA) is 12.0 Å². The van der Waals surface area contributed by atoms with Gasteiger partial charge in [-0.2, -0.15) is 0 Å². The molecule has 27 heavy (non-hydrogen) atoms. The number of hydrogen-bond acceptors (Lipinski definition) is 1. The number of benzene rings is 2. The zero-order valence-corrected chi connectivity index (χ0v) is 17.7. The molecule has 1 saturated carbocycles. The number of rotatable bonds is 7. The molecule has 2 aromatic carbocycles. The van der Waals surface area contributed by atoms with Crippen LogP contribution >= 0.6 is 0 Å². The van der Waals surface area contributed by atoms with Crippen LogP contribution < -0.4 is 5.32 Å². The molecular weight excluding hydrogens is 326 g/mol. The van der Waals surface area contributed by atoms with Crippen molar-refractivity contribution in [3.05, 3.63) is 70.8 Å². The molecule has 1 fully saturated rings. The van der Waals surface area contributed by atoms with Gasteiger partial charge in [-0.1, -0.05) is 87.6 Å². The highest BCUT2D eigenvalue weighted by atomic mass is 14.9. The van der Waals surface area contributed by atoms with Crippen LogP contribution in [0.5, 0.6) is 0 Å². The summed E-state index contributed by atoms with van der Waals surface area (Å²) >= 11 is 0. The predicted molar refractivity (Wildman–Crippen MR) is 117 cm³/mol. The summed E-state index contributed by atoms with van der Waals surface area (Å²) in [6, 6.07) is 17.9. The van der Waals surface area contributed by atoms with Gasteiger partial charge in [-0.3, -0.25) is 0 Å². The van der Waals surface area contributed by atoms with Crippen molar-refractivity contribution >= 4 is 0 Å². The van der Waals surface area contributed by atoms with Crippen LogP contribution in [0.1, 0.15) is 87.0 Å². The molecule has 1 aliphatic carbocycles. The van der Waals surface area contributed by atoms with Crippen molar-refractivity contribution in [1.29, 1.82) is 0 Å². The van der Waals surface area contributed by atoms with Crippen LogP contribution in [-0.2, 0) is 5.54 Å². The van der Waals surface area contributed by atoms with E-state index in [0.717, 1.165) is 5.92 Å². The Labute approximate surface area is 166 Å². The monoisotopic (exact) mass is 363 g/mol. The van der Waals surface area contributed by atoms with Crippen LogP contribution in [0.3, 0.4) is 0 Å². The van der Waals surface area contributed by atoms with Crippen molar-refractivity contribution in [3.8, 4) is 0 Å². The van der Waals surface area contributed by atoms with Gasteiger partial charge in [0.05, 0.1) is 5.54 Å². The van der Waals surface area contributed by atoms with Crippen molar-refractivity contribution < 1.29 is 0 Å². The second kappa shape index (κ2) is 9.06. The molecule has 0 bridgehead atoms. The molecule has 1 aliphatic rings. The third-order valence-electron chi connectivity index (χ3n) is 6.95. The second-order valence-electron chi connectivity index (χ2n) is 8.76. The Hall–Kier alpha value is -1.60. The lowest BCUT2D eigenvalue weighted by Crippen LogP contribution is -2.39. The van der Waals surface area contributed by atoms with E-state index >= 15 is 0 Å². The second-order valence-corrected chi connectivity index (χ2v) is 8.76. The van der Waals surface area contributed by atoms with E-state index in [9.17, 15) is 0 Å². The van der Waals surface area contributed by atoms with Gasteiger partial charge in [-0.05, 0) is 67.8 Å². The van der Waals surface area contributed by atoms with Crippen molar-refractivity contribution in [2.45, 2.75) is 77.2 Å². The molecule has 0 spiro atoms. The summed E-state index contributed by atoms with van der Waals surface area (Å²) in [6.45, 7) is 6.98. The molecule has 0 amide bonds. The van der Waals surface area contributed by atoms with Crippen molar-refractivity contribution in [2.75, 3.05) is 7.05 Å². The Morgan fingerprint density at radius 1 is 0.963 bits per heavy atom. The zero-order valence-electron chi connectivity index (χ0n) is 17.7. The molecule has 0 radical (unpaired) electrons. The summed E-state index contributed by atoms with van der Waals surface area (Å²) in [5, 5.41) is 3.65. The lowest BCUT2D eigenvalue weighted by atomic mass is 9.76. The molecule has 2 atom stereocenters. The Balaban J connectivity index is 1.86. The zero-order chi connectivity index (χ0) is 19.3. The molecule has 0 heterocycles. The third-order valence-corrected chi connectivity index (χ3v) is 6.95. The van der Waals surface area contributed by atoms with E-state index < -0.39 is 0 Å². The van der Waals surface area contributed by atoms with Crippen molar-refractivity contribution in [1.82, 2.24) is 5.32 Å². The van der Waals surface area contributed by atoms with Crippen LogP contribution in [0.4, 0.5) is 0 Å². The average molecular weight is 364 g/mol. The Morgan fingerprint density at radius 2 is 1.59 bits per heavy atom. The van der Waals surface area contributed by atoms with Gasteiger partial charge < -0.3 is 5.32 Å². The van der Waals surface area contributed by atoms with E-state index in [0.29, 0.717) is 5.92 Å². The maximum Gasteiger partial charge on any atom is 0.0664 e. The Kier molecular flexibility index (Phi) is 6.76. The summed E-state index contributed by atoms with van der Waals surface area (Å²) < 4.78 is 0. The van der Waals surface area contributed by atoms with Gasteiger partial charge in [0.1, 0.15) is 0 Å². The minimum absolute atomic E-state index is 0.166. The highest BCUT2D eigenvalue weighted by Gasteiger charge is 2.31. The van der Waals surface area contributed by atoms with Crippen LogP contribution in [0.25, 0.3) is 0 Å². The van der Waals surface area contributed by atoms with Crippen LogP contribution in [0.2, 0.25) is 0 Å². The van der Waals surface area contributed by atoms with Crippen LogP contribution in [0.15, 0.2) is 48.5 Å². The van der Waals surface area contributed by atoms with Crippen molar-refractivity contribution in [3.63, 3.8) is 0 Å². The molecule has 2 aromatic rings. The van der Waals surface area contributed by atoms with Crippen LogP contribution in [0, 0.1) is 12.8 Å². The predicted octanol–water partition coefficient (Wildman–Crippen LogP) is 6.94. The van der Waals surface area contributed by atoms with Gasteiger partial charge in [0, 0.05) is 0 Å². The van der Waals surface area contributed by atoms with E-state index in [1.807, 2.05) is 0 Å². The average Bonchev–Trinajstić information content (AvgIpc) is 2.72. The summed E-state index contributed by atoms with van der Waals surface area (Å²) in [5.41, 5.74) is 5.49. The van der Waals surface area contributed by atoms with Gasteiger partial charge in [-0.15, -0.1) is 0 Å². The fraction of sp³-hybridized carbons (Fsp3) is 0.538. The van der Waals surface area contributed by atoms with Gasteiger partial charge >= 0.3 is 0 Å². The molecule has 0 aromatic heterocycles. The maximum absolute atomic E-state index is 3.65. The molecular formula is C26H37N. The number of hydrogen-bond donors (Lipinski definition) is 1. The van der Waals surface area contributed by atoms with Gasteiger partial charge in [0.15, 0.2) is 0 Å². The molecule has 0 saturated heterocycles. The third kappa shape index (κ3) is 4.46. The van der Waals surface area contributed by atoms with E-state index in [1.54, 1.807) is 0 Å². The molecule has 0 unspecified atom stereocenters. The highest BCUT2D eigenvalue weighted by molar-refractivity contribution is 5.46. The summed E-state index contributed by atoms with van der Waals surface area (Å²) in [7, 11) is 2.09. The van der Waals surface area contributed by atoms with Crippen LogP contribution in [-0.4, -0.2) is 7.05 Å². The minimum Gasteiger partial charge on any atom is -0.307 e. The van der Waals surface area contributed by atoms with Gasteiger partial charge in [0.2, 0.25) is 0 Å². The van der Waals surface area contributed by atoms with Gasteiger partial charge in [0.25, 0.3) is 0 Å². The lowest BCUT2D eigenvalue weighted by Gasteiger charge is -2.35. The summed E-state index contributed by atoms with van der Waals surface area (Å²) in [4.78, 5) is 0. The van der Waals surface area contributed by atoms with Crippen molar-refractivity contribution in [2.24, 2.45) is 5.92 Å². The number of nitrogens with one attached hydrogen (secondary N) is 1. The van der Waals surface area contributed by atoms with E-state index in [4.69, 9.17) is 0 Å². The quantitative estimate of drug-likeness (QED) is 0.561. The number of aryl methyl sites for hydroxylation is 1. The normalized spacial score (nSPS) is 18.8. The first-order valence-electron chi connectivity index (χ1n) is 10.9. The SMILES string of the molecule is CN[C@](C)(c1ccccc1C)c1ccccc1[C@H](C)CCC1CCCCC1. The summed E-state index contributed by atoms with van der Waals surface area (Å²) in [5.74, 6) is 1.56. The molecule has 0 aliphatic heterocycles. The first-order chi connectivity index (χ1) is 13.1. The molecule has 3 rings (SSSR count). The standard InChI is InChI=1S/C26H37N/c1-20(18-19-22-13-6-5-7-14-22)23-15-9-11-17-25(23)26(3,27-4)24-16-10-8-12-21(24)2/h8-12,15-17,20,22,27H,5-7,13-14,18-19H2,1-4H3/t20-,26-/m1/s1. The van der Waals surface area contributed by atoms with E-state index in [2.05, 4.69) is 81.7 Å². The first-order valence-corrected chi connectivity index (χ1v) is 10.9. The van der Waals surface area contributed by atoms with Gasteiger partial charge in [-0.25, -0.2) is 0 Å². The molecule has 1 nitrogen and oxygen atoms in total. The Bertz CT molecular complexity index is 728. The maximum atomic E-state index is 3.65. The molecule has 146 valence electrons. The van der Waals surface area contributed by atoms with E-state index in [-0.39, 0.29) is 5.54 Å². The van der Waals surface area contributed by atoms with E-state index in [1.165, 1.54) is 67.2 Å². The fourth-order valence-electron chi connectivity index (χ4n) is 5.05. The summed E-state index contributed by atoms with van der Waals surface area (Å²) in [6.07, 6.45) is 9.93. The highest BCUT2D eigenvalue weighted by Crippen LogP contribution is 2.38. The Morgan fingerprint density at radius 3 is 2.26 bits per heavy atom. The molecule has 1 N–H and O–H groups in total. The smallest absolute Gasteiger partial charge is 0.0664 e. The molecule has 1 heteroatoms.